The van der Waals surface area contributed by atoms with Gasteiger partial charge in [0.15, 0.2) is 0 Å². The van der Waals surface area contributed by atoms with Crippen LogP contribution in [0.3, 0.4) is 0 Å². The highest BCUT2D eigenvalue weighted by Crippen LogP contribution is 2.16. The molecule has 2 N–H and O–H groups in total. The molecule has 1 aromatic rings. The van der Waals surface area contributed by atoms with Gasteiger partial charge in [-0.15, -0.1) is 13.2 Å². The number of anilines is 1. The molecule has 1 heterocycles. The SMILES string of the molecule is Cc1c(N)cnn1CCOC(F)(F)F. The Morgan fingerprint density at radius 1 is 1.57 bits per heavy atom. The first-order valence-corrected chi connectivity index (χ1v) is 3.89. The first-order chi connectivity index (χ1) is 6.40. The maximum absolute atomic E-state index is 11.6. The van der Waals surface area contributed by atoms with Gasteiger partial charge in [0.2, 0.25) is 0 Å². The summed E-state index contributed by atoms with van der Waals surface area (Å²) >= 11 is 0. The van der Waals surface area contributed by atoms with Gasteiger partial charge in [-0.1, -0.05) is 0 Å². The Kier molecular flexibility index (Phi) is 3.00. The minimum atomic E-state index is -4.59. The highest BCUT2D eigenvalue weighted by atomic mass is 19.4. The lowest BCUT2D eigenvalue weighted by Crippen LogP contribution is -2.18. The number of hydrogen-bond donors (Lipinski definition) is 1. The summed E-state index contributed by atoms with van der Waals surface area (Å²) in [6.07, 6.45) is -3.20. The molecular formula is C7H10F3N3O. The molecule has 0 saturated carbocycles. The molecule has 0 atom stereocenters. The number of nitrogen functional groups attached to an aromatic ring is 1. The van der Waals surface area contributed by atoms with Crippen molar-refractivity contribution in [3.8, 4) is 0 Å². The third kappa shape index (κ3) is 2.91. The lowest BCUT2D eigenvalue weighted by molar-refractivity contribution is -0.325. The number of hydrogen-bond acceptors (Lipinski definition) is 3. The number of halogens is 3. The Balaban J connectivity index is 2.43. The first kappa shape index (κ1) is 10.8. The molecule has 0 aliphatic carbocycles. The lowest BCUT2D eigenvalue weighted by atomic mass is 10.4. The highest BCUT2D eigenvalue weighted by molar-refractivity contribution is 5.39. The largest absolute Gasteiger partial charge is 0.522 e. The zero-order valence-electron chi connectivity index (χ0n) is 7.51. The van der Waals surface area contributed by atoms with Crippen molar-refractivity contribution < 1.29 is 17.9 Å². The number of nitrogens with zero attached hydrogens (tertiary/aromatic N) is 2. The van der Waals surface area contributed by atoms with Crippen LogP contribution in [0.4, 0.5) is 18.9 Å². The Morgan fingerprint density at radius 2 is 2.21 bits per heavy atom. The zero-order valence-corrected chi connectivity index (χ0v) is 7.51. The molecule has 0 spiro atoms. The molecule has 7 heteroatoms. The van der Waals surface area contributed by atoms with Crippen LogP contribution in [0.1, 0.15) is 5.69 Å². The second kappa shape index (κ2) is 3.87. The normalized spacial score (nSPS) is 12.0. The molecule has 0 bridgehead atoms. The predicted molar refractivity (Wildman–Crippen MR) is 43.4 cm³/mol. The molecule has 1 aromatic heterocycles. The fraction of sp³-hybridized carbons (Fsp3) is 0.571. The van der Waals surface area contributed by atoms with Crippen LogP contribution >= 0.6 is 0 Å². The molecule has 0 fully saturated rings. The third-order valence-corrected chi connectivity index (χ3v) is 1.71. The van der Waals surface area contributed by atoms with Gasteiger partial charge in [0, 0.05) is 0 Å². The van der Waals surface area contributed by atoms with E-state index in [4.69, 9.17) is 5.73 Å². The van der Waals surface area contributed by atoms with Gasteiger partial charge in [-0.3, -0.25) is 9.42 Å². The van der Waals surface area contributed by atoms with E-state index in [9.17, 15) is 13.2 Å². The zero-order chi connectivity index (χ0) is 10.8. The van der Waals surface area contributed by atoms with E-state index < -0.39 is 13.0 Å². The van der Waals surface area contributed by atoms with Crippen molar-refractivity contribution in [1.82, 2.24) is 9.78 Å². The standard InChI is InChI=1S/C7H10F3N3O/c1-5-6(11)4-12-13(5)2-3-14-7(8,9)10/h4H,2-3,11H2,1H3. The molecule has 0 aliphatic heterocycles. The molecule has 0 aromatic carbocycles. The van der Waals surface area contributed by atoms with Crippen LogP contribution in [0, 0.1) is 6.92 Å². The Labute approximate surface area is 78.4 Å². The van der Waals surface area contributed by atoms with E-state index in [1.54, 1.807) is 6.92 Å². The fourth-order valence-corrected chi connectivity index (χ4v) is 0.934. The van der Waals surface area contributed by atoms with E-state index in [0.717, 1.165) is 0 Å². The summed E-state index contributed by atoms with van der Waals surface area (Å²) in [6.45, 7) is 1.24. The maximum atomic E-state index is 11.6. The molecule has 1 rings (SSSR count). The number of aromatic nitrogens is 2. The van der Waals surface area contributed by atoms with Crippen molar-refractivity contribution in [1.29, 1.82) is 0 Å². The lowest BCUT2D eigenvalue weighted by Gasteiger charge is -2.08. The molecule has 14 heavy (non-hydrogen) atoms. The number of rotatable bonds is 3. The topological polar surface area (TPSA) is 53.1 Å². The second-order valence-corrected chi connectivity index (χ2v) is 2.70. The van der Waals surface area contributed by atoms with E-state index in [1.165, 1.54) is 10.9 Å². The van der Waals surface area contributed by atoms with E-state index in [-0.39, 0.29) is 6.54 Å². The monoisotopic (exact) mass is 209 g/mol. The predicted octanol–water partition coefficient (Wildman–Crippen LogP) is 1.31. The van der Waals surface area contributed by atoms with Crippen LogP contribution in [-0.4, -0.2) is 22.7 Å². The van der Waals surface area contributed by atoms with Crippen molar-refractivity contribution in [2.75, 3.05) is 12.3 Å². The van der Waals surface area contributed by atoms with E-state index in [0.29, 0.717) is 11.4 Å². The average Bonchev–Trinajstić information content (AvgIpc) is 2.33. The molecule has 0 amide bonds. The minimum Gasteiger partial charge on any atom is -0.396 e. The number of ether oxygens (including phenoxy) is 1. The van der Waals surface area contributed by atoms with Crippen molar-refractivity contribution in [2.24, 2.45) is 0 Å². The van der Waals surface area contributed by atoms with Gasteiger partial charge in [0.25, 0.3) is 0 Å². The summed E-state index contributed by atoms with van der Waals surface area (Å²) in [7, 11) is 0. The Bertz CT molecular complexity index is 308. The summed E-state index contributed by atoms with van der Waals surface area (Å²) in [4.78, 5) is 0. The highest BCUT2D eigenvalue weighted by Gasteiger charge is 2.28. The maximum Gasteiger partial charge on any atom is 0.522 e. The van der Waals surface area contributed by atoms with Crippen LogP contribution < -0.4 is 5.73 Å². The van der Waals surface area contributed by atoms with Crippen molar-refractivity contribution >= 4 is 5.69 Å². The van der Waals surface area contributed by atoms with Crippen molar-refractivity contribution in [3.63, 3.8) is 0 Å². The van der Waals surface area contributed by atoms with E-state index in [1.807, 2.05) is 0 Å². The molecule has 4 nitrogen and oxygen atoms in total. The minimum absolute atomic E-state index is 0.0303. The van der Waals surface area contributed by atoms with Gasteiger partial charge < -0.3 is 5.73 Å². The van der Waals surface area contributed by atoms with Crippen LogP contribution in [0.15, 0.2) is 6.20 Å². The van der Waals surface area contributed by atoms with Gasteiger partial charge in [0.05, 0.1) is 30.7 Å². The Morgan fingerprint density at radius 3 is 2.64 bits per heavy atom. The van der Waals surface area contributed by atoms with Gasteiger partial charge in [-0.2, -0.15) is 5.10 Å². The molecular weight excluding hydrogens is 199 g/mol. The van der Waals surface area contributed by atoms with Crippen molar-refractivity contribution in [2.45, 2.75) is 19.8 Å². The molecule has 0 aliphatic rings. The van der Waals surface area contributed by atoms with Crippen LogP contribution in [0.25, 0.3) is 0 Å². The average molecular weight is 209 g/mol. The fourth-order valence-electron chi connectivity index (χ4n) is 0.934. The molecule has 80 valence electrons. The van der Waals surface area contributed by atoms with E-state index in [2.05, 4.69) is 9.84 Å². The van der Waals surface area contributed by atoms with Gasteiger partial charge >= 0.3 is 6.36 Å². The van der Waals surface area contributed by atoms with E-state index >= 15 is 0 Å². The Hall–Kier alpha value is -1.24. The van der Waals surface area contributed by atoms with Crippen LogP contribution in [-0.2, 0) is 11.3 Å². The van der Waals surface area contributed by atoms with Gasteiger partial charge in [0.1, 0.15) is 0 Å². The van der Waals surface area contributed by atoms with Crippen molar-refractivity contribution in [3.05, 3.63) is 11.9 Å². The number of alkyl halides is 3. The first-order valence-electron chi connectivity index (χ1n) is 3.89. The summed E-state index contributed by atoms with van der Waals surface area (Å²) in [5.41, 5.74) is 6.54. The summed E-state index contributed by atoms with van der Waals surface area (Å²) < 4.78 is 39.7. The molecule has 0 radical (unpaired) electrons. The smallest absolute Gasteiger partial charge is 0.396 e. The third-order valence-electron chi connectivity index (χ3n) is 1.71. The molecule has 0 saturated heterocycles. The van der Waals surface area contributed by atoms with Gasteiger partial charge in [-0.25, -0.2) is 0 Å². The van der Waals surface area contributed by atoms with Crippen LogP contribution in [0.5, 0.6) is 0 Å². The summed E-state index contributed by atoms with van der Waals surface area (Å²) in [6, 6.07) is 0. The van der Waals surface area contributed by atoms with Gasteiger partial charge in [-0.05, 0) is 6.92 Å². The summed E-state index contributed by atoms with van der Waals surface area (Å²) in [5.74, 6) is 0. The second-order valence-electron chi connectivity index (χ2n) is 2.70. The quantitative estimate of drug-likeness (QED) is 0.816. The number of nitrogens with two attached hydrogens (primary N) is 1. The summed E-state index contributed by atoms with van der Waals surface area (Å²) in [5, 5.41) is 3.78. The molecule has 0 unspecified atom stereocenters. The van der Waals surface area contributed by atoms with Crippen LogP contribution in [0.2, 0.25) is 0 Å².